The van der Waals surface area contributed by atoms with Gasteiger partial charge in [-0.1, -0.05) is 135 Å². The lowest BCUT2D eigenvalue weighted by molar-refractivity contribution is -0.156. The fourth-order valence-corrected chi connectivity index (χ4v) is 9.75. The lowest BCUT2D eigenvalue weighted by Gasteiger charge is -2.38. The molecule has 13 nitrogen and oxygen atoms in total. The molecule has 1 fully saturated rings. The molecule has 2 rings (SSSR count). The van der Waals surface area contributed by atoms with Gasteiger partial charge in [0.15, 0.2) is 0 Å². The van der Waals surface area contributed by atoms with Gasteiger partial charge in [0.05, 0.1) is 61.3 Å². The Hall–Kier alpha value is -2.08. The molecular formula is C53H85BrCl2O13. The Balaban J connectivity index is 2.00. The first kappa shape index (κ1) is 63.0. The summed E-state index contributed by atoms with van der Waals surface area (Å²) < 4.78 is 23.3. The summed E-state index contributed by atoms with van der Waals surface area (Å²) in [6.45, 7) is 14.6. The number of aliphatic hydroxyl groups excluding tert-OH is 7. The first-order valence-corrected chi connectivity index (χ1v) is 26.5. The summed E-state index contributed by atoms with van der Waals surface area (Å²) >= 11 is 14.7. The van der Waals surface area contributed by atoms with Crippen molar-refractivity contribution in [1.29, 1.82) is 0 Å². The van der Waals surface area contributed by atoms with Crippen molar-refractivity contribution < 1.29 is 64.3 Å². The van der Waals surface area contributed by atoms with Gasteiger partial charge in [-0.2, -0.15) is 0 Å². The van der Waals surface area contributed by atoms with E-state index in [0.717, 1.165) is 50.5 Å². The van der Waals surface area contributed by atoms with E-state index in [-0.39, 0.29) is 50.5 Å². The highest BCUT2D eigenvalue weighted by atomic mass is 79.9. The molecule has 0 amide bonds. The number of carbonyl (C=O) groups is 2. The molecule has 2 bridgehead atoms. The molecule has 0 aromatic heterocycles. The maximum Gasteiger partial charge on any atom is 0.309 e. The molecule has 396 valence electrons. The molecule has 2 aliphatic heterocycles. The Morgan fingerprint density at radius 1 is 0.971 bits per heavy atom. The number of carbonyl (C=O) groups excluding carboxylic acids is 2. The lowest BCUT2D eigenvalue weighted by Crippen LogP contribution is -2.44. The Kier molecular flexibility index (Phi) is 30.0. The van der Waals surface area contributed by atoms with Gasteiger partial charge in [0.25, 0.3) is 0 Å². The fraction of sp³-hybridized carbons (Fsp3) is 0.736. The van der Waals surface area contributed by atoms with Crippen molar-refractivity contribution in [3.05, 3.63) is 68.9 Å². The topological polar surface area (TPSA) is 213 Å². The van der Waals surface area contributed by atoms with Crippen LogP contribution in [0.2, 0.25) is 0 Å². The molecule has 16 heteroatoms. The van der Waals surface area contributed by atoms with Crippen LogP contribution >= 0.6 is 39.1 Å². The van der Waals surface area contributed by atoms with Crippen LogP contribution in [-0.4, -0.2) is 122 Å². The van der Waals surface area contributed by atoms with Gasteiger partial charge in [-0.05, 0) is 76.4 Å². The third-order valence-electron chi connectivity index (χ3n) is 13.5. The number of rotatable bonds is 28. The first-order chi connectivity index (χ1) is 32.5. The molecule has 69 heavy (non-hydrogen) atoms. The zero-order valence-corrected chi connectivity index (χ0v) is 45.2. The number of aliphatic hydroxyl groups is 7. The normalized spacial score (nSPS) is 26.5. The number of allylic oxidation sites excluding steroid dienone is 4. The van der Waals surface area contributed by atoms with Crippen molar-refractivity contribution in [2.45, 2.75) is 224 Å². The molecule has 0 saturated carbocycles. The SMILES string of the molecule is C=C(CC(CC(O)C(C)C(O)CC(O)C(C)(C)C(O)C/C(C)=C/[C@H](O)[C@@H]1O[C@@H]2C[C@H](C)C[C@H](O)C/C(C)=C\C(O)CC(=O)O[C@H]1C2)OC(=O)CCCCCCCCC/C=C/C(Cl)=C\Cl)/C(=C\Br)OC. The van der Waals surface area contributed by atoms with Crippen LogP contribution in [-0.2, 0) is 28.5 Å². The number of esters is 2. The molecule has 0 aromatic rings. The molecule has 0 aliphatic carbocycles. The summed E-state index contributed by atoms with van der Waals surface area (Å²) in [7, 11) is 1.49. The van der Waals surface area contributed by atoms with Crippen LogP contribution in [0.25, 0.3) is 0 Å². The fourth-order valence-electron chi connectivity index (χ4n) is 9.07. The number of fused-ring (bicyclic) bond motifs is 2. The van der Waals surface area contributed by atoms with E-state index in [9.17, 15) is 45.3 Å². The van der Waals surface area contributed by atoms with E-state index in [1.807, 2.05) is 13.0 Å². The molecule has 0 radical (unpaired) electrons. The van der Waals surface area contributed by atoms with Crippen LogP contribution < -0.4 is 0 Å². The minimum absolute atomic E-state index is 0.00703. The molecule has 0 aromatic carbocycles. The maximum absolute atomic E-state index is 13.1. The van der Waals surface area contributed by atoms with Crippen LogP contribution in [0.15, 0.2) is 68.9 Å². The minimum atomic E-state index is -1.22. The highest BCUT2D eigenvalue weighted by Crippen LogP contribution is 2.36. The third-order valence-corrected chi connectivity index (χ3v) is 14.5. The van der Waals surface area contributed by atoms with Crippen LogP contribution in [0.5, 0.6) is 0 Å². The number of unbranched alkanes of at least 4 members (excludes halogenated alkanes) is 7. The average Bonchev–Trinajstić information content (AvgIpc) is 3.65. The highest BCUT2D eigenvalue weighted by Gasteiger charge is 2.43. The van der Waals surface area contributed by atoms with Gasteiger partial charge in [0.2, 0.25) is 0 Å². The molecule has 1 saturated heterocycles. The molecule has 2 aliphatic rings. The number of halogens is 3. The quantitative estimate of drug-likeness (QED) is 0.0128. The second kappa shape index (κ2) is 32.9. The Morgan fingerprint density at radius 3 is 2.25 bits per heavy atom. The van der Waals surface area contributed by atoms with Gasteiger partial charge in [0.1, 0.15) is 30.2 Å². The van der Waals surface area contributed by atoms with E-state index < -0.39 is 84.3 Å². The van der Waals surface area contributed by atoms with Gasteiger partial charge >= 0.3 is 11.9 Å². The number of hydrogen-bond donors (Lipinski definition) is 7. The van der Waals surface area contributed by atoms with Gasteiger partial charge in [-0.15, -0.1) is 0 Å². The summed E-state index contributed by atoms with van der Waals surface area (Å²) in [6, 6.07) is 0. The lowest BCUT2D eigenvalue weighted by atomic mass is 9.75. The van der Waals surface area contributed by atoms with Crippen molar-refractivity contribution in [1.82, 2.24) is 0 Å². The Morgan fingerprint density at radius 2 is 1.61 bits per heavy atom. The summed E-state index contributed by atoms with van der Waals surface area (Å²) in [4.78, 5) is 27.5. The second-order valence-corrected chi connectivity index (χ2v) is 21.4. The molecule has 2 heterocycles. The van der Waals surface area contributed by atoms with E-state index >= 15 is 0 Å². The molecule has 0 spiro atoms. The van der Waals surface area contributed by atoms with Gasteiger partial charge in [0, 0.05) is 54.0 Å². The molecular weight excluding hydrogens is 995 g/mol. The van der Waals surface area contributed by atoms with Crippen molar-refractivity contribution >= 4 is 51.1 Å². The van der Waals surface area contributed by atoms with Gasteiger partial charge < -0.3 is 54.7 Å². The largest absolute Gasteiger partial charge is 0.496 e. The number of ether oxygens (including phenoxy) is 4. The monoisotopic (exact) mass is 1080 g/mol. The van der Waals surface area contributed by atoms with E-state index in [2.05, 4.69) is 22.5 Å². The Bertz CT molecular complexity index is 1710. The predicted octanol–water partition coefficient (Wildman–Crippen LogP) is 9.64. The summed E-state index contributed by atoms with van der Waals surface area (Å²) in [5.74, 6) is -1.27. The molecule has 7 unspecified atom stereocenters. The minimum Gasteiger partial charge on any atom is -0.496 e. The zero-order valence-electron chi connectivity index (χ0n) is 42.1. The molecule has 7 N–H and O–H groups in total. The molecule has 13 atom stereocenters. The maximum atomic E-state index is 13.1. The number of methoxy groups -OCH3 is 1. The number of hydrogen-bond acceptors (Lipinski definition) is 13. The van der Waals surface area contributed by atoms with Gasteiger partial charge in [-0.25, -0.2) is 0 Å². The van der Waals surface area contributed by atoms with Crippen molar-refractivity contribution in [3.63, 3.8) is 0 Å². The van der Waals surface area contributed by atoms with Crippen molar-refractivity contribution in [3.8, 4) is 0 Å². The van der Waals surface area contributed by atoms with E-state index in [1.54, 1.807) is 57.8 Å². The van der Waals surface area contributed by atoms with E-state index in [4.69, 9.17) is 42.1 Å². The standard InChI is InChI=1S/C53H85BrCl2O13/c1-33-20-39(57)22-34(2)23-41-29-46(69-51(65)27-40(58)21-33)52(68-41)45(61)24-35(3)25-48(62)53(6,7)49(63)30-44(60)37(5)43(59)28-42(26-36(4)47(31-54)66-8)67-50(64)19-17-15-13-11-9-10-12-14-16-18-38(56)32-55/h16,18,21,24,31-32,34,37,39-46,48-49,52,57-63H,4,9-15,17,19-20,22-23,25-30H2,1-3,5-8H3/b18-16+,33-21-,35-24+,38-32+,47-31+/t34-,37?,39-,40?,41-,42?,43?,44?,45+,46+,48?,49?,52+/m1/s1. The first-order valence-electron chi connectivity index (χ1n) is 24.8. The van der Waals surface area contributed by atoms with Crippen LogP contribution in [0.3, 0.4) is 0 Å². The third kappa shape index (κ3) is 24.0. The van der Waals surface area contributed by atoms with E-state index in [1.165, 1.54) is 12.6 Å². The summed E-state index contributed by atoms with van der Waals surface area (Å²) in [5, 5.41) is 78.7. The Labute approximate surface area is 430 Å². The van der Waals surface area contributed by atoms with Crippen LogP contribution in [0.1, 0.15) is 157 Å². The zero-order chi connectivity index (χ0) is 51.8. The smallest absolute Gasteiger partial charge is 0.309 e. The predicted molar refractivity (Wildman–Crippen MR) is 275 cm³/mol. The highest BCUT2D eigenvalue weighted by molar-refractivity contribution is 9.11. The summed E-state index contributed by atoms with van der Waals surface area (Å²) in [6.07, 6.45) is 6.07. The van der Waals surface area contributed by atoms with Crippen LogP contribution in [0, 0.1) is 17.3 Å². The average molecular weight is 1080 g/mol. The van der Waals surface area contributed by atoms with E-state index in [0.29, 0.717) is 54.0 Å². The summed E-state index contributed by atoms with van der Waals surface area (Å²) in [5.41, 5.74) is 2.09. The second-order valence-electron chi connectivity index (χ2n) is 20.2. The van der Waals surface area contributed by atoms with Crippen molar-refractivity contribution in [2.24, 2.45) is 17.3 Å². The van der Waals surface area contributed by atoms with Gasteiger partial charge in [-0.3, -0.25) is 9.59 Å². The van der Waals surface area contributed by atoms with Crippen LogP contribution in [0.4, 0.5) is 0 Å². The van der Waals surface area contributed by atoms with Crippen molar-refractivity contribution in [2.75, 3.05) is 7.11 Å².